The first kappa shape index (κ1) is 34.5. The quantitative estimate of drug-likeness (QED) is 0.162. The van der Waals surface area contributed by atoms with E-state index in [0.717, 1.165) is 71.7 Å². The predicted molar refractivity (Wildman–Crippen MR) is 254 cm³/mol. The number of para-hydroxylation sites is 1. The van der Waals surface area contributed by atoms with Crippen LogP contribution in [0.1, 0.15) is 0 Å². The summed E-state index contributed by atoms with van der Waals surface area (Å²) in [6.45, 7) is 0. The molecule has 0 bridgehead atoms. The van der Waals surface area contributed by atoms with Crippen LogP contribution in [0.4, 0.5) is 0 Å². The third-order valence-corrected chi connectivity index (χ3v) is 12.3. The van der Waals surface area contributed by atoms with Crippen molar-refractivity contribution in [2.45, 2.75) is 0 Å². The van der Waals surface area contributed by atoms with Gasteiger partial charge in [0.15, 0.2) is 17.5 Å². The lowest BCUT2D eigenvalue weighted by Gasteiger charge is -2.12. The van der Waals surface area contributed by atoms with Crippen LogP contribution < -0.4 is 0 Å². The average Bonchev–Trinajstić information content (AvgIpc) is 3.91. The molecular weight excluding hydrogens is 759 g/mol. The first-order chi connectivity index (χ1) is 30.7. The van der Waals surface area contributed by atoms with Gasteiger partial charge in [0.2, 0.25) is 0 Å². The van der Waals surface area contributed by atoms with Crippen molar-refractivity contribution in [1.82, 2.24) is 15.0 Å². The van der Waals surface area contributed by atoms with E-state index in [9.17, 15) is 0 Å². The normalized spacial score (nSPS) is 11.9. The summed E-state index contributed by atoms with van der Waals surface area (Å²) in [7, 11) is 0. The van der Waals surface area contributed by atoms with Crippen LogP contribution in [0.3, 0.4) is 0 Å². The number of hydrogen-bond donors (Lipinski definition) is 0. The Morgan fingerprint density at radius 2 is 0.597 bits per heavy atom. The molecule has 0 aliphatic carbocycles. The molecule has 3 aromatic heterocycles. The van der Waals surface area contributed by atoms with Gasteiger partial charge in [0.25, 0.3) is 0 Å². The van der Waals surface area contributed by atoms with E-state index < -0.39 is 0 Å². The first-order valence-electron chi connectivity index (χ1n) is 20.8. The van der Waals surface area contributed by atoms with E-state index in [4.69, 9.17) is 23.8 Å². The fourth-order valence-corrected chi connectivity index (χ4v) is 9.28. The maximum Gasteiger partial charge on any atom is 0.164 e. The molecule has 0 aliphatic heterocycles. The molecule has 13 rings (SSSR count). The van der Waals surface area contributed by atoms with Crippen molar-refractivity contribution in [2.75, 3.05) is 0 Å². The standard InChI is InChI=1S/C57H33N3O2/c1-2-11-34(12-3-1)55-58-56(39-22-26-47-46-19-8-9-20-51(46)61-53(47)32-39)60-57(59-55)40-23-27-48-50-31-38(24-28-52(50)62-54(48)33-40)36-14-10-13-35(29-36)37-21-25-45-43-17-5-4-15-41(43)42-16-6-7-18-44(42)49(45)30-37/h1-33H. The monoisotopic (exact) mass is 791 g/mol. The predicted octanol–water partition coefficient (Wildman–Crippen LogP) is 15.5. The smallest absolute Gasteiger partial charge is 0.164 e. The Morgan fingerprint density at radius 1 is 0.210 bits per heavy atom. The lowest BCUT2D eigenvalue weighted by molar-refractivity contribution is 0.668. The molecule has 0 N–H and O–H groups in total. The van der Waals surface area contributed by atoms with Gasteiger partial charge >= 0.3 is 0 Å². The minimum Gasteiger partial charge on any atom is -0.456 e. The molecule has 0 fully saturated rings. The largest absolute Gasteiger partial charge is 0.456 e. The second-order valence-corrected chi connectivity index (χ2v) is 15.9. The van der Waals surface area contributed by atoms with Crippen LogP contribution >= 0.6 is 0 Å². The van der Waals surface area contributed by atoms with Gasteiger partial charge in [-0.05, 0) is 109 Å². The van der Waals surface area contributed by atoms with E-state index in [-0.39, 0.29) is 0 Å². The van der Waals surface area contributed by atoms with Crippen LogP contribution in [-0.2, 0) is 0 Å². The molecule has 0 saturated heterocycles. The van der Waals surface area contributed by atoms with Gasteiger partial charge in [-0.15, -0.1) is 0 Å². The molecule has 62 heavy (non-hydrogen) atoms. The average molecular weight is 792 g/mol. The fraction of sp³-hybridized carbons (Fsp3) is 0. The van der Waals surface area contributed by atoms with Crippen molar-refractivity contribution in [3.63, 3.8) is 0 Å². The highest BCUT2D eigenvalue weighted by atomic mass is 16.3. The Bertz CT molecular complexity index is 3900. The first-order valence-corrected chi connectivity index (χ1v) is 20.8. The van der Waals surface area contributed by atoms with Crippen LogP contribution in [0.2, 0.25) is 0 Å². The Labute approximate surface area is 355 Å². The summed E-state index contributed by atoms with van der Waals surface area (Å²) in [4.78, 5) is 15.0. The molecule has 0 spiro atoms. The van der Waals surface area contributed by atoms with E-state index in [2.05, 4.69) is 140 Å². The number of benzene rings is 10. The number of rotatable bonds is 5. The van der Waals surface area contributed by atoms with Crippen LogP contribution in [-0.4, -0.2) is 15.0 Å². The SMILES string of the molecule is c1ccc(-c2nc(-c3ccc4c(c3)oc3ccccc34)nc(-c3ccc4c(c3)oc3ccc(-c5cccc(-c6ccc7c8ccccc8c8ccccc8c7c6)c5)cc34)n2)cc1. The van der Waals surface area contributed by atoms with Crippen molar-refractivity contribution in [3.8, 4) is 56.4 Å². The molecule has 0 unspecified atom stereocenters. The lowest BCUT2D eigenvalue weighted by Crippen LogP contribution is -2.00. The van der Waals surface area contributed by atoms with E-state index >= 15 is 0 Å². The minimum absolute atomic E-state index is 0.563. The van der Waals surface area contributed by atoms with Gasteiger partial charge in [-0.2, -0.15) is 0 Å². The zero-order chi connectivity index (χ0) is 40.7. The highest BCUT2D eigenvalue weighted by Gasteiger charge is 2.17. The van der Waals surface area contributed by atoms with Gasteiger partial charge in [-0.3, -0.25) is 0 Å². The van der Waals surface area contributed by atoms with Crippen molar-refractivity contribution in [2.24, 2.45) is 0 Å². The fourth-order valence-electron chi connectivity index (χ4n) is 9.28. The molecule has 0 aliphatic rings. The molecule has 288 valence electrons. The van der Waals surface area contributed by atoms with Crippen LogP contribution in [0, 0.1) is 0 Å². The maximum absolute atomic E-state index is 6.53. The number of furan rings is 2. The van der Waals surface area contributed by atoms with Crippen LogP contribution in [0.15, 0.2) is 209 Å². The molecule has 0 amide bonds. The zero-order valence-corrected chi connectivity index (χ0v) is 33.2. The molecule has 5 nitrogen and oxygen atoms in total. The molecular formula is C57H33N3O2. The molecule has 0 radical (unpaired) electrons. The van der Waals surface area contributed by atoms with Gasteiger partial charge in [-0.25, -0.2) is 15.0 Å². The Hall–Kier alpha value is -8.41. The molecule has 10 aromatic carbocycles. The van der Waals surface area contributed by atoms with Crippen molar-refractivity contribution in [1.29, 1.82) is 0 Å². The van der Waals surface area contributed by atoms with Crippen LogP contribution in [0.25, 0.3) is 133 Å². The second-order valence-electron chi connectivity index (χ2n) is 15.9. The summed E-state index contributed by atoms with van der Waals surface area (Å²) < 4.78 is 12.8. The lowest BCUT2D eigenvalue weighted by atomic mass is 9.91. The number of nitrogens with zero attached hydrogens (tertiary/aromatic N) is 3. The molecule has 13 aromatic rings. The topological polar surface area (TPSA) is 65.0 Å². The second kappa shape index (κ2) is 13.6. The zero-order valence-electron chi connectivity index (χ0n) is 33.2. The van der Waals surface area contributed by atoms with E-state index in [1.807, 2.05) is 60.7 Å². The summed E-state index contributed by atoms with van der Waals surface area (Å²) in [6.07, 6.45) is 0. The third-order valence-electron chi connectivity index (χ3n) is 12.3. The summed E-state index contributed by atoms with van der Waals surface area (Å²) in [6, 6.07) is 70.1. The molecule has 0 atom stereocenters. The summed E-state index contributed by atoms with van der Waals surface area (Å²) in [5.74, 6) is 1.73. The van der Waals surface area contributed by atoms with Crippen molar-refractivity contribution < 1.29 is 8.83 Å². The van der Waals surface area contributed by atoms with Crippen LogP contribution in [0.5, 0.6) is 0 Å². The van der Waals surface area contributed by atoms with Crippen molar-refractivity contribution >= 4 is 76.2 Å². The van der Waals surface area contributed by atoms with Gasteiger partial charge in [-0.1, -0.05) is 146 Å². The highest BCUT2D eigenvalue weighted by Crippen LogP contribution is 2.40. The Kier molecular flexibility index (Phi) is 7.54. The van der Waals surface area contributed by atoms with E-state index in [1.165, 1.54) is 43.4 Å². The maximum atomic E-state index is 6.53. The minimum atomic E-state index is 0.563. The number of hydrogen-bond acceptors (Lipinski definition) is 5. The number of fused-ring (bicyclic) bond motifs is 12. The summed E-state index contributed by atoms with van der Waals surface area (Å²) >= 11 is 0. The van der Waals surface area contributed by atoms with Gasteiger partial charge < -0.3 is 8.83 Å². The number of aromatic nitrogens is 3. The third kappa shape index (κ3) is 5.52. The highest BCUT2D eigenvalue weighted by molar-refractivity contribution is 6.25. The Balaban J connectivity index is 0.881. The Morgan fingerprint density at radius 3 is 1.23 bits per heavy atom. The molecule has 0 saturated carbocycles. The van der Waals surface area contributed by atoms with Gasteiger partial charge in [0.1, 0.15) is 22.3 Å². The molecule has 5 heteroatoms. The van der Waals surface area contributed by atoms with E-state index in [1.54, 1.807) is 0 Å². The van der Waals surface area contributed by atoms with E-state index in [0.29, 0.717) is 17.5 Å². The summed E-state index contributed by atoms with van der Waals surface area (Å²) in [5.41, 5.74) is 10.5. The van der Waals surface area contributed by atoms with Crippen molar-refractivity contribution in [3.05, 3.63) is 200 Å². The summed E-state index contributed by atoms with van der Waals surface area (Å²) in [5, 5.41) is 11.9. The van der Waals surface area contributed by atoms with Gasteiger partial charge in [0.05, 0.1) is 0 Å². The molecule has 3 heterocycles. The van der Waals surface area contributed by atoms with Gasteiger partial charge in [0, 0.05) is 38.2 Å².